The molecule has 1 aromatic heterocycles. The van der Waals surface area contributed by atoms with E-state index in [1.807, 2.05) is 6.92 Å². The van der Waals surface area contributed by atoms with Crippen LogP contribution < -0.4 is 19.7 Å². The molecule has 0 aliphatic heterocycles. The molecule has 198 valence electrons. The molecule has 0 spiro atoms. The van der Waals surface area contributed by atoms with Crippen LogP contribution in [0.3, 0.4) is 0 Å². The van der Waals surface area contributed by atoms with Crippen LogP contribution in [0.4, 0.5) is 25.0 Å². The molecule has 0 saturated carbocycles. The van der Waals surface area contributed by atoms with Crippen molar-refractivity contribution in [3.8, 4) is 0 Å². The van der Waals surface area contributed by atoms with E-state index in [9.17, 15) is 26.8 Å². The standard InChI is InChI=1S/C25H23F2N5O4S2/c1-15-3-5-19(6-4-15)30-38(35,36)31-25(34)29-22(11-16-9-17(26)12-18(27)10-16)24(33)32(2)20-7-8-23-21(13-20)28-14-37-23/h3-10,12-14,22,30H,11H2,1-2H3,(H2,29,31,34)/t22-/m0/s1. The summed E-state index contributed by atoms with van der Waals surface area (Å²) in [4.78, 5) is 31.6. The summed E-state index contributed by atoms with van der Waals surface area (Å²) in [6.45, 7) is 1.83. The highest BCUT2D eigenvalue weighted by Gasteiger charge is 2.27. The van der Waals surface area contributed by atoms with E-state index >= 15 is 0 Å². The Morgan fingerprint density at radius 1 is 1.03 bits per heavy atom. The number of fused-ring (bicyclic) bond motifs is 1. The van der Waals surface area contributed by atoms with Gasteiger partial charge in [-0.3, -0.25) is 9.52 Å². The summed E-state index contributed by atoms with van der Waals surface area (Å²) in [5.74, 6) is -2.37. The molecule has 3 aromatic carbocycles. The first-order valence-corrected chi connectivity index (χ1v) is 13.6. The Morgan fingerprint density at radius 3 is 2.39 bits per heavy atom. The number of hydrogen-bond donors (Lipinski definition) is 3. The van der Waals surface area contributed by atoms with E-state index < -0.39 is 39.8 Å². The fourth-order valence-electron chi connectivity index (χ4n) is 3.69. The minimum absolute atomic E-state index is 0.0881. The van der Waals surface area contributed by atoms with Gasteiger partial charge in [-0.25, -0.2) is 23.3 Å². The molecule has 38 heavy (non-hydrogen) atoms. The molecule has 0 radical (unpaired) electrons. The molecule has 9 nitrogen and oxygen atoms in total. The number of anilines is 2. The van der Waals surface area contributed by atoms with Gasteiger partial charge in [0, 0.05) is 25.2 Å². The predicted molar refractivity (Wildman–Crippen MR) is 142 cm³/mol. The predicted octanol–water partition coefficient (Wildman–Crippen LogP) is 4.11. The number of nitrogens with one attached hydrogen (secondary N) is 3. The van der Waals surface area contributed by atoms with Crippen LogP contribution in [0.15, 0.2) is 66.2 Å². The second kappa shape index (κ2) is 11.1. The van der Waals surface area contributed by atoms with Crippen LogP contribution in [0.1, 0.15) is 11.1 Å². The third kappa shape index (κ3) is 6.81. The highest BCUT2D eigenvalue weighted by Crippen LogP contribution is 2.24. The molecule has 1 atom stereocenters. The molecule has 4 rings (SSSR count). The van der Waals surface area contributed by atoms with E-state index in [1.165, 1.54) is 35.4 Å². The molecule has 0 fully saturated rings. The van der Waals surface area contributed by atoms with Crippen molar-refractivity contribution in [1.82, 2.24) is 15.0 Å². The van der Waals surface area contributed by atoms with Crippen LogP contribution in [0.5, 0.6) is 0 Å². The van der Waals surface area contributed by atoms with Gasteiger partial charge in [0.25, 0.3) is 0 Å². The van der Waals surface area contributed by atoms with Crippen LogP contribution >= 0.6 is 11.3 Å². The van der Waals surface area contributed by atoms with Gasteiger partial charge in [-0.05, 0) is 55.0 Å². The van der Waals surface area contributed by atoms with Crippen LogP contribution in [-0.4, -0.2) is 38.4 Å². The quantitative estimate of drug-likeness (QED) is 0.300. The highest BCUT2D eigenvalue weighted by atomic mass is 32.2. The SMILES string of the molecule is Cc1ccc(NS(=O)(=O)NC(=O)N[C@@H](Cc2cc(F)cc(F)c2)C(=O)N(C)c2ccc3scnc3c2)cc1. The first kappa shape index (κ1) is 26.9. The van der Waals surface area contributed by atoms with Gasteiger partial charge in [0.15, 0.2) is 0 Å². The van der Waals surface area contributed by atoms with Crippen molar-refractivity contribution in [1.29, 1.82) is 0 Å². The summed E-state index contributed by atoms with van der Waals surface area (Å²) < 4.78 is 57.5. The zero-order valence-electron chi connectivity index (χ0n) is 20.2. The van der Waals surface area contributed by atoms with Crippen LogP contribution in [-0.2, 0) is 21.4 Å². The summed E-state index contributed by atoms with van der Waals surface area (Å²) in [5, 5.41) is 2.32. The molecule has 0 saturated heterocycles. The Hall–Kier alpha value is -4.10. The molecule has 0 unspecified atom stereocenters. The van der Waals surface area contributed by atoms with Gasteiger partial charge in [-0.15, -0.1) is 11.3 Å². The number of benzene rings is 3. The zero-order valence-corrected chi connectivity index (χ0v) is 21.9. The molecule has 3 N–H and O–H groups in total. The second-order valence-corrected chi connectivity index (χ2v) is 10.8. The second-order valence-electron chi connectivity index (χ2n) is 8.48. The largest absolute Gasteiger partial charge is 0.330 e. The monoisotopic (exact) mass is 559 g/mol. The Balaban J connectivity index is 1.54. The van der Waals surface area contributed by atoms with E-state index in [-0.39, 0.29) is 17.7 Å². The van der Waals surface area contributed by atoms with Crippen molar-refractivity contribution in [3.63, 3.8) is 0 Å². The first-order chi connectivity index (χ1) is 18.0. The van der Waals surface area contributed by atoms with Gasteiger partial charge < -0.3 is 10.2 Å². The number of urea groups is 1. The lowest BCUT2D eigenvalue weighted by Crippen LogP contribution is -2.53. The Morgan fingerprint density at radius 2 is 1.71 bits per heavy atom. The molecular formula is C25H23F2N5O4S2. The molecule has 3 amide bonds. The minimum atomic E-state index is -4.36. The van der Waals surface area contributed by atoms with Gasteiger partial charge in [-0.2, -0.15) is 8.42 Å². The summed E-state index contributed by atoms with van der Waals surface area (Å²) in [6, 6.07) is 11.7. The molecule has 0 aliphatic rings. The third-order valence-electron chi connectivity index (χ3n) is 5.53. The fourth-order valence-corrected chi connectivity index (χ4v) is 5.15. The van der Waals surface area contributed by atoms with E-state index in [0.29, 0.717) is 17.3 Å². The molecule has 13 heteroatoms. The molecule has 1 heterocycles. The normalized spacial score (nSPS) is 12.1. The first-order valence-electron chi connectivity index (χ1n) is 11.2. The minimum Gasteiger partial charge on any atom is -0.325 e. The number of carbonyl (C=O) groups is 2. The summed E-state index contributed by atoms with van der Waals surface area (Å²) in [7, 11) is -2.90. The zero-order chi connectivity index (χ0) is 27.4. The smallest absolute Gasteiger partial charge is 0.325 e. The van der Waals surface area contributed by atoms with Crippen molar-refractivity contribution in [2.45, 2.75) is 19.4 Å². The number of aromatic nitrogens is 1. The fraction of sp³-hybridized carbons (Fsp3) is 0.160. The number of rotatable bonds is 8. The Kier molecular flexibility index (Phi) is 7.88. The summed E-state index contributed by atoms with van der Waals surface area (Å²) in [5.41, 5.74) is 4.00. The maximum atomic E-state index is 13.8. The Bertz CT molecular complexity index is 1570. The van der Waals surface area contributed by atoms with Gasteiger partial charge in [0.05, 0.1) is 21.4 Å². The number of aryl methyl sites for hydroxylation is 1. The average Bonchev–Trinajstić information content (AvgIpc) is 3.31. The number of likely N-dealkylation sites (N-methyl/N-ethyl adjacent to an activating group) is 1. The lowest BCUT2D eigenvalue weighted by atomic mass is 10.0. The van der Waals surface area contributed by atoms with Crippen LogP contribution in [0, 0.1) is 18.6 Å². The van der Waals surface area contributed by atoms with E-state index in [2.05, 4.69) is 15.0 Å². The van der Waals surface area contributed by atoms with Crippen LogP contribution in [0.25, 0.3) is 10.2 Å². The topological polar surface area (TPSA) is 120 Å². The van der Waals surface area contributed by atoms with Crippen molar-refractivity contribution in [2.24, 2.45) is 0 Å². The van der Waals surface area contributed by atoms with Crippen molar-refractivity contribution in [2.75, 3.05) is 16.7 Å². The summed E-state index contributed by atoms with van der Waals surface area (Å²) >= 11 is 1.43. The summed E-state index contributed by atoms with van der Waals surface area (Å²) in [6.07, 6.45) is -0.310. The molecule has 4 aromatic rings. The van der Waals surface area contributed by atoms with Gasteiger partial charge in [0.2, 0.25) is 5.91 Å². The lowest BCUT2D eigenvalue weighted by molar-refractivity contribution is -0.120. The maximum absolute atomic E-state index is 13.8. The maximum Gasteiger partial charge on any atom is 0.330 e. The average molecular weight is 560 g/mol. The number of hydrogen-bond acceptors (Lipinski definition) is 6. The number of thiazole rings is 1. The number of nitrogens with zero attached hydrogens (tertiary/aromatic N) is 2. The van der Waals surface area contributed by atoms with E-state index in [4.69, 9.17) is 0 Å². The third-order valence-corrected chi connectivity index (χ3v) is 7.30. The van der Waals surface area contributed by atoms with E-state index in [1.54, 1.807) is 40.6 Å². The highest BCUT2D eigenvalue weighted by molar-refractivity contribution is 7.91. The molecule has 0 bridgehead atoms. The number of amides is 3. The molecule has 0 aliphatic carbocycles. The Labute approximate surface area is 221 Å². The van der Waals surface area contributed by atoms with Gasteiger partial charge in [-0.1, -0.05) is 17.7 Å². The number of halogens is 2. The van der Waals surface area contributed by atoms with Crippen molar-refractivity contribution in [3.05, 3.63) is 88.9 Å². The van der Waals surface area contributed by atoms with Gasteiger partial charge >= 0.3 is 16.2 Å². The number of carbonyl (C=O) groups excluding carboxylic acids is 2. The van der Waals surface area contributed by atoms with Crippen molar-refractivity contribution < 1.29 is 26.8 Å². The van der Waals surface area contributed by atoms with Crippen LogP contribution in [0.2, 0.25) is 0 Å². The van der Waals surface area contributed by atoms with Crippen molar-refractivity contribution >= 4 is 55.1 Å². The molecular weight excluding hydrogens is 536 g/mol. The van der Waals surface area contributed by atoms with E-state index in [0.717, 1.165) is 22.4 Å². The lowest BCUT2D eigenvalue weighted by Gasteiger charge is -2.25. The van der Waals surface area contributed by atoms with Gasteiger partial charge in [0.1, 0.15) is 17.7 Å².